The summed E-state index contributed by atoms with van der Waals surface area (Å²) in [7, 11) is 0. The fourth-order valence-corrected chi connectivity index (χ4v) is 10.7. The second kappa shape index (κ2) is 15.1. The number of pyridine rings is 2. The minimum absolute atomic E-state index is 0. The Hall–Kier alpha value is -4.88. The predicted octanol–water partition coefficient (Wildman–Crippen LogP) is 12.7. The smallest absolute Gasteiger partial charge is 0 e. The molecule has 1 radical (unpaired) electrons. The minimum atomic E-state index is -1.89. The summed E-state index contributed by atoms with van der Waals surface area (Å²) in [5, 5.41) is 4.31. The van der Waals surface area contributed by atoms with Crippen LogP contribution >= 0.6 is 0 Å². The molecule has 0 aliphatic rings. The summed E-state index contributed by atoms with van der Waals surface area (Å²) >= 11 is -1.89. The number of fused-ring (bicyclic) bond motifs is 6. The number of aromatic nitrogens is 2. The Balaban J connectivity index is 0.000000166. The van der Waals surface area contributed by atoms with Gasteiger partial charge in [-0.3, -0.25) is 0 Å². The van der Waals surface area contributed by atoms with Gasteiger partial charge in [0.25, 0.3) is 0 Å². The van der Waals surface area contributed by atoms with Gasteiger partial charge in [-0.05, 0) is 35.4 Å². The van der Waals surface area contributed by atoms with Gasteiger partial charge in [-0.25, -0.2) is 4.39 Å². The third-order valence-corrected chi connectivity index (χ3v) is 14.3. The standard InChI is InChI=1S/C26H19FNO.C21H20GeNO.Ir/c1-16(2)18-13-14-28-24(15-18)23-8-4-7-22-21-6-3-5-20(25(21)29-26(22)23)17-9-11-19(27)12-10-17;1-14-12-19(23-13-18(14)22(2,3)4)17-10-7-9-16-15-8-5-6-11-20(15)24-21(16)17;/h3-7,9-16H,1-2H3;5-9,11-13H,1-4H3;/q2*-1;. The van der Waals surface area contributed by atoms with Gasteiger partial charge in [0.1, 0.15) is 11.4 Å². The van der Waals surface area contributed by atoms with Gasteiger partial charge in [0.2, 0.25) is 0 Å². The predicted molar refractivity (Wildman–Crippen MR) is 219 cm³/mol. The quantitative estimate of drug-likeness (QED) is 0.127. The summed E-state index contributed by atoms with van der Waals surface area (Å²) in [6.07, 6.45) is 3.91. The van der Waals surface area contributed by atoms with Gasteiger partial charge in [0.15, 0.2) is 0 Å². The first-order valence-corrected chi connectivity index (χ1v) is 25.3. The van der Waals surface area contributed by atoms with E-state index in [9.17, 15) is 4.39 Å². The van der Waals surface area contributed by atoms with Crippen molar-refractivity contribution in [2.75, 3.05) is 0 Å². The van der Waals surface area contributed by atoms with E-state index in [1.807, 2.05) is 60.8 Å². The summed E-state index contributed by atoms with van der Waals surface area (Å²) in [5.74, 6) is 7.36. The molecule has 4 heterocycles. The molecule has 0 N–H and O–H groups in total. The number of nitrogens with zero attached hydrogens (tertiary/aromatic N) is 2. The van der Waals surface area contributed by atoms with Crippen LogP contribution in [0.2, 0.25) is 17.3 Å². The molecule has 9 rings (SSSR count). The Bertz CT molecular complexity index is 2780. The second-order valence-electron chi connectivity index (χ2n) is 14.8. The fourth-order valence-electron chi connectivity index (χ4n) is 7.11. The maximum atomic E-state index is 13.4. The number of aryl methyl sites for hydroxylation is 1. The molecule has 7 heteroatoms. The molecule has 271 valence electrons. The zero-order valence-corrected chi connectivity index (χ0v) is 35.5. The van der Waals surface area contributed by atoms with E-state index in [1.165, 1.54) is 27.7 Å². The Morgan fingerprint density at radius 3 is 1.98 bits per heavy atom. The van der Waals surface area contributed by atoms with Crippen molar-refractivity contribution in [3.8, 4) is 33.6 Å². The number of para-hydroxylation sites is 2. The molecule has 0 aliphatic carbocycles. The number of furan rings is 2. The van der Waals surface area contributed by atoms with E-state index >= 15 is 0 Å². The van der Waals surface area contributed by atoms with Crippen LogP contribution in [-0.4, -0.2) is 23.2 Å². The Labute approximate surface area is 331 Å². The first kappa shape index (κ1) is 37.4. The zero-order chi connectivity index (χ0) is 36.9. The normalized spacial score (nSPS) is 11.6. The molecule has 0 aliphatic heterocycles. The zero-order valence-electron chi connectivity index (χ0n) is 31.0. The van der Waals surface area contributed by atoms with Crippen LogP contribution < -0.4 is 4.40 Å². The third-order valence-electron chi connectivity index (χ3n) is 9.83. The van der Waals surface area contributed by atoms with Gasteiger partial charge >= 0.3 is 145 Å². The molecule has 0 amide bonds. The van der Waals surface area contributed by atoms with Crippen LogP contribution in [0, 0.1) is 24.9 Å². The van der Waals surface area contributed by atoms with Crippen LogP contribution in [0.25, 0.3) is 77.5 Å². The molecule has 0 saturated heterocycles. The number of hydrogen-bond donors (Lipinski definition) is 0. The van der Waals surface area contributed by atoms with Crippen molar-refractivity contribution in [2.45, 2.75) is 44.0 Å². The summed E-state index contributed by atoms with van der Waals surface area (Å²) in [5.41, 5.74) is 11.3. The summed E-state index contributed by atoms with van der Waals surface area (Å²) in [4.78, 5) is 9.32. The summed E-state index contributed by atoms with van der Waals surface area (Å²) in [6, 6.07) is 41.6. The van der Waals surface area contributed by atoms with E-state index in [-0.39, 0.29) is 25.9 Å². The molecule has 54 heavy (non-hydrogen) atoms. The van der Waals surface area contributed by atoms with Gasteiger partial charge in [-0.1, -0.05) is 66.8 Å². The van der Waals surface area contributed by atoms with Crippen molar-refractivity contribution >= 4 is 61.5 Å². The largest absolute Gasteiger partial charge is 0 e. The van der Waals surface area contributed by atoms with E-state index in [1.54, 1.807) is 12.1 Å². The summed E-state index contributed by atoms with van der Waals surface area (Å²) in [6.45, 7) is 6.52. The molecule has 4 nitrogen and oxygen atoms in total. The van der Waals surface area contributed by atoms with Gasteiger partial charge in [0, 0.05) is 37.3 Å². The molecule has 5 aromatic carbocycles. The van der Waals surface area contributed by atoms with Gasteiger partial charge in [-0.2, -0.15) is 0 Å². The van der Waals surface area contributed by atoms with Crippen LogP contribution in [0.4, 0.5) is 4.39 Å². The van der Waals surface area contributed by atoms with Crippen LogP contribution in [-0.2, 0) is 20.1 Å². The van der Waals surface area contributed by atoms with E-state index in [2.05, 4.69) is 91.7 Å². The maximum absolute atomic E-state index is 13.4. The van der Waals surface area contributed by atoms with Crippen molar-refractivity contribution in [3.05, 3.63) is 151 Å². The summed E-state index contributed by atoms with van der Waals surface area (Å²) < 4.78 is 27.3. The van der Waals surface area contributed by atoms with Crippen molar-refractivity contribution in [2.24, 2.45) is 0 Å². The van der Waals surface area contributed by atoms with Crippen molar-refractivity contribution in [1.82, 2.24) is 9.97 Å². The number of hydrogen-bond acceptors (Lipinski definition) is 4. The molecule has 0 fully saturated rings. The Kier molecular flexibility index (Phi) is 10.5. The maximum Gasteiger partial charge on any atom is 0 e. The molecule has 9 aromatic rings. The van der Waals surface area contributed by atoms with Crippen molar-refractivity contribution < 1.29 is 33.3 Å². The third kappa shape index (κ3) is 7.06. The molecule has 0 saturated carbocycles. The Morgan fingerprint density at radius 2 is 1.30 bits per heavy atom. The van der Waals surface area contributed by atoms with Crippen LogP contribution in [0.3, 0.4) is 0 Å². The van der Waals surface area contributed by atoms with E-state index in [4.69, 9.17) is 13.8 Å². The van der Waals surface area contributed by atoms with E-state index in [0.717, 1.165) is 77.5 Å². The first-order chi connectivity index (χ1) is 25.6. The number of halogens is 1. The van der Waals surface area contributed by atoms with E-state index < -0.39 is 13.3 Å². The topological polar surface area (TPSA) is 52.1 Å². The molecule has 4 aromatic heterocycles. The van der Waals surface area contributed by atoms with Crippen LogP contribution in [0.5, 0.6) is 0 Å². The fraction of sp³-hybridized carbons (Fsp3) is 0.149. The second-order valence-corrected chi connectivity index (χ2v) is 25.4. The number of benzene rings is 5. The van der Waals surface area contributed by atoms with Crippen molar-refractivity contribution in [3.63, 3.8) is 0 Å². The number of rotatable bonds is 5. The van der Waals surface area contributed by atoms with Gasteiger partial charge in [-0.15, -0.1) is 18.2 Å². The first-order valence-electron chi connectivity index (χ1n) is 17.9. The Morgan fingerprint density at radius 1 is 0.667 bits per heavy atom. The van der Waals surface area contributed by atoms with Crippen LogP contribution in [0.1, 0.15) is 30.9 Å². The average Bonchev–Trinajstić information content (AvgIpc) is 3.74. The molecule has 0 bridgehead atoms. The monoisotopic (exact) mass is 949 g/mol. The molecule has 0 spiro atoms. The minimum Gasteiger partial charge on any atom is 0 e. The molecular formula is C47H39FGeIrN2O2-2. The molecular weight excluding hydrogens is 908 g/mol. The van der Waals surface area contributed by atoms with Gasteiger partial charge in [0.05, 0.1) is 5.58 Å². The molecule has 0 atom stereocenters. The van der Waals surface area contributed by atoms with Crippen LogP contribution in [0.15, 0.2) is 130 Å². The van der Waals surface area contributed by atoms with E-state index in [0.29, 0.717) is 5.92 Å². The van der Waals surface area contributed by atoms with Crippen molar-refractivity contribution in [1.29, 1.82) is 0 Å². The average molecular weight is 948 g/mol. The molecule has 0 unspecified atom stereocenters. The van der Waals surface area contributed by atoms with Gasteiger partial charge < -0.3 is 9.40 Å². The SMILES string of the molecule is CC(C)c1ccnc(-c2[c-]ccc3c2oc2c(-c4ccc(F)cc4)cccc23)c1.Cc1cc(-c2[c-]ccc3c2oc2ccccc23)nc[c]1[Ge]([CH3])([CH3])[CH3].[Ir].